The summed E-state index contributed by atoms with van der Waals surface area (Å²) in [6.07, 6.45) is 1.32. The Hall–Kier alpha value is -2.00. The van der Waals surface area contributed by atoms with Crippen LogP contribution in [0.3, 0.4) is 0 Å². The molecule has 23 heavy (non-hydrogen) atoms. The first-order valence-electron chi connectivity index (χ1n) is 6.58. The van der Waals surface area contributed by atoms with Crippen molar-refractivity contribution in [1.82, 2.24) is 0 Å². The van der Waals surface area contributed by atoms with E-state index in [1.165, 1.54) is 38.5 Å². The van der Waals surface area contributed by atoms with Crippen LogP contribution in [0.4, 0.5) is 11.4 Å². The zero-order chi connectivity index (χ0) is 17.0. The molecular weight excluding hydrogens is 388 g/mol. The fraction of sp³-hybridized carbons (Fsp3) is 0.214. The Morgan fingerprint density at radius 1 is 1.35 bits per heavy atom. The van der Waals surface area contributed by atoms with Crippen LogP contribution in [0.2, 0.25) is 0 Å². The van der Waals surface area contributed by atoms with Crippen LogP contribution >= 0.6 is 15.9 Å². The second kappa shape index (κ2) is 7.05. The zero-order valence-corrected chi connectivity index (χ0v) is 14.8. The third kappa shape index (κ3) is 4.49. The van der Waals surface area contributed by atoms with Gasteiger partial charge in [-0.25, -0.2) is 8.42 Å². The van der Waals surface area contributed by atoms with Gasteiger partial charge in [0, 0.05) is 17.8 Å². The van der Waals surface area contributed by atoms with Crippen LogP contribution in [-0.2, 0) is 10.0 Å². The molecule has 0 bridgehead atoms. The Morgan fingerprint density at radius 2 is 2.09 bits per heavy atom. The molecule has 7 nitrogen and oxygen atoms in total. The van der Waals surface area contributed by atoms with Gasteiger partial charge in [0.25, 0.3) is 5.91 Å². The molecule has 0 spiro atoms. The van der Waals surface area contributed by atoms with Gasteiger partial charge in [-0.1, -0.05) is 0 Å². The van der Waals surface area contributed by atoms with Crippen molar-refractivity contribution >= 4 is 43.2 Å². The molecule has 2 N–H and O–H groups in total. The maximum absolute atomic E-state index is 12.0. The molecule has 2 aromatic rings. The first kappa shape index (κ1) is 17.4. The Labute approximate surface area is 142 Å². The van der Waals surface area contributed by atoms with E-state index in [-0.39, 0.29) is 11.7 Å². The van der Waals surface area contributed by atoms with E-state index in [4.69, 9.17) is 9.15 Å². The molecule has 0 fully saturated rings. The van der Waals surface area contributed by atoms with Gasteiger partial charge in [-0.2, -0.15) is 0 Å². The van der Waals surface area contributed by atoms with Crippen LogP contribution < -0.4 is 14.8 Å². The Kier molecular flexibility index (Phi) is 5.32. The number of furan rings is 1. The summed E-state index contributed by atoms with van der Waals surface area (Å²) in [6, 6.07) is 6.16. The molecule has 0 aliphatic heterocycles. The number of sulfonamides is 1. The first-order valence-corrected chi connectivity index (χ1v) is 9.03. The van der Waals surface area contributed by atoms with E-state index in [9.17, 15) is 13.2 Å². The van der Waals surface area contributed by atoms with Gasteiger partial charge in [0.2, 0.25) is 10.0 Å². The third-order valence-electron chi connectivity index (χ3n) is 2.93. The summed E-state index contributed by atoms with van der Waals surface area (Å²) in [5.74, 6) is -0.110. The molecule has 1 aromatic carbocycles. The number of anilines is 2. The second-order valence-electron chi connectivity index (χ2n) is 4.51. The SMILES string of the molecule is CCS(=O)(=O)Nc1ccc(NC(=O)c2coc(Br)c2)cc1OC. The van der Waals surface area contributed by atoms with E-state index in [0.717, 1.165) is 0 Å². The highest BCUT2D eigenvalue weighted by molar-refractivity contribution is 9.10. The summed E-state index contributed by atoms with van der Waals surface area (Å²) in [7, 11) is -2.00. The predicted molar refractivity (Wildman–Crippen MR) is 90.4 cm³/mol. The van der Waals surface area contributed by atoms with Crippen LogP contribution in [-0.4, -0.2) is 27.2 Å². The molecule has 0 unspecified atom stereocenters. The molecular formula is C14H15BrN2O5S. The second-order valence-corrected chi connectivity index (χ2v) is 7.31. The lowest BCUT2D eigenvalue weighted by Crippen LogP contribution is -2.15. The Balaban J connectivity index is 2.20. The molecule has 1 heterocycles. The number of ether oxygens (including phenoxy) is 1. The standard InChI is InChI=1S/C14H15BrN2O5S/c1-3-23(19,20)17-11-5-4-10(7-12(11)21-2)16-14(18)9-6-13(15)22-8-9/h4-8,17H,3H2,1-2H3,(H,16,18). The van der Waals surface area contributed by atoms with Crippen LogP contribution in [0.25, 0.3) is 0 Å². The smallest absolute Gasteiger partial charge is 0.258 e. The van der Waals surface area contributed by atoms with Gasteiger partial charge in [0.05, 0.1) is 24.1 Å². The van der Waals surface area contributed by atoms with Crippen LogP contribution in [0.15, 0.2) is 39.6 Å². The molecule has 2 rings (SSSR count). The number of benzene rings is 1. The number of halogens is 1. The summed E-state index contributed by atoms with van der Waals surface area (Å²) < 4.78 is 36.3. The van der Waals surface area contributed by atoms with E-state index >= 15 is 0 Å². The summed E-state index contributed by atoms with van der Waals surface area (Å²) in [4.78, 5) is 12.0. The third-order valence-corrected chi connectivity index (χ3v) is 4.64. The highest BCUT2D eigenvalue weighted by Gasteiger charge is 2.14. The predicted octanol–water partition coefficient (Wildman–Crippen LogP) is 3.06. The lowest BCUT2D eigenvalue weighted by atomic mass is 10.2. The maximum atomic E-state index is 12.0. The first-order chi connectivity index (χ1) is 10.8. The minimum atomic E-state index is -3.42. The van der Waals surface area contributed by atoms with Gasteiger partial charge in [-0.05, 0) is 35.0 Å². The van der Waals surface area contributed by atoms with Crippen molar-refractivity contribution in [2.24, 2.45) is 0 Å². The number of carbonyl (C=O) groups is 1. The quantitative estimate of drug-likeness (QED) is 0.773. The number of hydrogen-bond donors (Lipinski definition) is 2. The monoisotopic (exact) mass is 402 g/mol. The van der Waals surface area contributed by atoms with Gasteiger partial charge in [-0.3, -0.25) is 9.52 Å². The summed E-state index contributed by atoms with van der Waals surface area (Å²) in [5.41, 5.74) is 1.12. The van der Waals surface area contributed by atoms with E-state index in [1.54, 1.807) is 6.07 Å². The van der Waals surface area contributed by atoms with Crippen molar-refractivity contribution < 1.29 is 22.4 Å². The number of methoxy groups -OCH3 is 1. The van der Waals surface area contributed by atoms with Crippen LogP contribution in [0.5, 0.6) is 5.75 Å². The lowest BCUT2D eigenvalue weighted by molar-refractivity contribution is 0.102. The number of nitrogens with one attached hydrogen (secondary N) is 2. The highest BCUT2D eigenvalue weighted by Crippen LogP contribution is 2.29. The van der Waals surface area contributed by atoms with Crippen LogP contribution in [0, 0.1) is 0 Å². The minimum absolute atomic E-state index is 0.0516. The summed E-state index contributed by atoms with van der Waals surface area (Å²) >= 11 is 3.12. The summed E-state index contributed by atoms with van der Waals surface area (Å²) in [5, 5.41) is 2.67. The van der Waals surface area contributed by atoms with Gasteiger partial charge in [-0.15, -0.1) is 0 Å². The fourth-order valence-corrected chi connectivity index (χ4v) is 2.71. The Bertz CT molecular complexity index is 816. The topological polar surface area (TPSA) is 97.6 Å². The van der Waals surface area contributed by atoms with Gasteiger partial charge in [0.15, 0.2) is 4.67 Å². The molecule has 0 radical (unpaired) electrons. The fourth-order valence-electron chi connectivity index (χ4n) is 1.73. The molecule has 0 aliphatic rings. The average molecular weight is 403 g/mol. The maximum Gasteiger partial charge on any atom is 0.258 e. The largest absolute Gasteiger partial charge is 0.494 e. The molecule has 9 heteroatoms. The molecule has 124 valence electrons. The van der Waals surface area contributed by atoms with Gasteiger partial charge in [0.1, 0.15) is 12.0 Å². The minimum Gasteiger partial charge on any atom is -0.494 e. The number of amides is 1. The Morgan fingerprint density at radius 3 is 2.65 bits per heavy atom. The zero-order valence-electron chi connectivity index (χ0n) is 12.4. The van der Waals surface area contributed by atoms with Crippen LogP contribution in [0.1, 0.15) is 17.3 Å². The van der Waals surface area contributed by atoms with E-state index in [1.807, 2.05) is 0 Å². The van der Waals surface area contributed by atoms with Crippen molar-refractivity contribution in [2.75, 3.05) is 22.9 Å². The van der Waals surface area contributed by atoms with E-state index in [2.05, 4.69) is 26.0 Å². The average Bonchev–Trinajstić information content (AvgIpc) is 2.95. The van der Waals surface area contributed by atoms with E-state index < -0.39 is 10.0 Å². The van der Waals surface area contributed by atoms with Crippen molar-refractivity contribution in [3.63, 3.8) is 0 Å². The normalized spacial score (nSPS) is 11.1. The van der Waals surface area contributed by atoms with Crippen molar-refractivity contribution in [3.05, 3.63) is 40.8 Å². The van der Waals surface area contributed by atoms with Crippen molar-refractivity contribution in [2.45, 2.75) is 6.92 Å². The molecule has 0 saturated heterocycles. The molecule has 1 aromatic heterocycles. The molecule has 0 atom stereocenters. The number of rotatable bonds is 6. The highest BCUT2D eigenvalue weighted by atomic mass is 79.9. The molecule has 1 amide bonds. The lowest BCUT2D eigenvalue weighted by Gasteiger charge is -2.12. The molecule has 0 saturated carbocycles. The number of hydrogen-bond acceptors (Lipinski definition) is 5. The van der Waals surface area contributed by atoms with E-state index in [0.29, 0.717) is 27.4 Å². The molecule has 0 aliphatic carbocycles. The van der Waals surface area contributed by atoms with Gasteiger partial charge >= 0.3 is 0 Å². The van der Waals surface area contributed by atoms with Crippen molar-refractivity contribution in [1.29, 1.82) is 0 Å². The summed E-state index contributed by atoms with van der Waals surface area (Å²) in [6.45, 7) is 1.53. The van der Waals surface area contributed by atoms with Crippen molar-refractivity contribution in [3.8, 4) is 5.75 Å². The number of carbonyl (C=O) groups excluding carboxylic acids is 1. The van der Waals surface area contributed by atoms with Gasteiger partial charge < -0.3 is 14.5 Å².